The number of nitrogens with one attached hydrogen (secondary N) is 2. The summed E-state index contributed by atoms with van der Waals surface area (Å²) in [4.78, 5) is 11.6. The molecule has 4 nitrogen and oxygen atoms in total. The third-order valence-electron chi connectivity index (χ3n) is 2.98. The molecule has 0 spiro atoms. The first-order chi connectivity index (χ1) is 9.17. The molecule has 19 heavy (non-hydrogen) atoms. The summed E-state index contributed by atoms with van der Waals surface area (Å²) in [6, 6.07) is 6.07. The molecule has 5 heteroatoms. The van der Waals surface area contributed by atoms with E-state index in [-0.39, 0.29) is 24.7 Å². The van der Waals surface area contributed by atoms with Gasteiger partial charge in [-0.05, 0) is 31.0 Å². The molecule has 0 aliphatic heterocycles. The highest BCUT2D eigenvalue weighted by Gasteiger charge is 2.08. The molecule has 1 amide bonds. The van der Waals surface area contributed by atoms with Crippen LogP contribution in [0.3, 0.4) is 0 Å². The molecule has 0 aromatic heterocycles. The van der Waals surface area contributed by atoms with Crippen molar-refractivity contribution < 1.29 is 14.3 Å². The van der Waals surface area contributed by atoms with Gasteiger partial charge in [0.1, 0.15) is 5.82 Å². The van der Waals surface area contributed by atoms with Crippen molar-refractivity contribution in [2.75, 3.05) is 25.0 Å². The molecule has 1 aromatic carbocycles. The monoisotopic (exact) mass is 268 g/mol. The molecule has 0 heterocycles. The predicted molar refractivity (Wildman–Crippen MR) is 73.4 cm³/mol. The molecule has 1 atom stereocenters. The number of amides is 1. The first kappa shape index (κ1) is 15.6. The number of hydrogen-bond donors (Lipinski definition) is 3. The van der Waals surface area contributed by atoms with Gasteiger partial charge in [0.25, 0.3) is 0 Å². The van der Waals surface area contributed by atoms with Crippen molar-refractivity contribution in [3.63, 3.8) is 0 Å². The molecule has 0 fully saturated rings. The fourth-order valence-electron chi connectivity index (χ4n) is 1.78. The minimum absolute atomic E-state index is 0.135. The van der Waals surface area contributed by atoms with Gasteiger partial charge in [-0.25, -0.2) is 4.39 Å². The van der Waals surface area contributed by atoms with Crippen LogP contribution in [0, 0.1) is 11.7 Å². The summed E-state index contributed by atoms with van der Waals surface area (Å²) in [5, 5.41) is 14.4. The van der Waals surface area contributed by atoms with E-state index >= 15 is 0 Å². The molecule has 0 aliphatic carbocycles. The lowest BCUT2D eigenvalue weighted by Gasteiger charge is -2.14. The second-order valence-corrected chi connectivity index (χ2v) is 4.45. The third kappa shape index (κ3) is 5.81. The van der Waals surface area contributed by atoms with Crippen LogP contribution >= 0.6 is 0 Å². The molecular formula is C14H21FN2O2. The van der Waals surface area contributed by atoms with Gasteiger partial charge in [0.15, 0.2) is 0 Å². The summed E-state index contributed by atoms with van der Waals surface area (Å²) in [5.74, 6) is -0.363. The summed E-state index contributed by atoms with van der Waals surface area (Å²) in [5.41, 5.74) is 0.191. The Bertz CT molecular complexity index is 399. The van der Waals surface area contributed by atoms with E-state index in [9.17, 15) is 9.18 Å². The number of benzene rings is 1. The van der Waals surface area contributed by atoms with Gasteiger partial charge in [0, 0.05) is 6.61 Å². The molecule has 0 saturated carbocycles. The van der Waals surface area contributed by atoms with Gasteiger partial charge >= 0.3 is 0 Å². The number of carbonyl (C=O) groups is 1. The molecular weight excluding hydrogens is 247 g/mol. The Labute approximate surface area is 113 Å². The van der Waals surface area contributed by atoms with E-state index in [1.807, 2.05) is 6.92 Å². The van der Waals surface area contributed by atoms with Crippen molar-refractivity contribution >= 4 is 11.6 Å². The Morgan fingerprint density at radius 2 is 2.16 bits per heavy atom. The van der Waals surface area contributed by atoms with Crippen LogP contribution in [0.5, 0.6) is 0 Å². The average molecular weight is 268 g/mol. The largest absolute Gasteiger partial charge is 0.396 e. The minimum Gasteiger partial charge on any atom is -0.396 e. The number of anilines is 1. The number of aliphatic hydroxyl groups is 1. The fourth-order valence-corrected chi connectivity index (χ4v) is 1.78. The standard InChI is InChI=1S/C14H21FN2O2/c1-2-11(7-8-18)9-16-10-14(19)17-13-6-4-3-5-12(13)15/h3-6,11,16,18H,2,7-10H2,1H3,(H,17,19). The van der Waals surface area contributed by atoms with Crippen molar-refractivity contribution in [2.24, 2.45) is 5.92 Å². The second-order valence-electron chi connectivity index (χ2n) is 4.45. The van der Waals surface area contributed by atoms with Gasteiger partial charge in [0.2, 0.25) is 5.91 Å². The summed E-state index contributed by atoms with van der Waals surface area (Å²) in [6.07, 6.45) is 1.67. The van der Waals surface area contributed by atoms with E-state index in [1.54, 1.807) is 12.1 Å². The van der Waals surface area contributed by atoms with E-state index in [0.717, 1.165) is 12.8 Å². The van der Waals surface area contributed by atoms with Crippen molar-refractivity contribution in [3.8, 4) is 0 Å². The van der Waals surface area contributed by atoms with Crippen LogP contribution in [-0.4, -0.2) is 30.7 Å². The maximum atomic E-state index is 13.3. The minimum atomic E-state index is -0.442. The summed E-state index contributed by atoms with van der Waals surface area (Å²) in [7, 11) is 0. The van der Waals surface area contributed by atoms with Crippen LogP contribution in [0.2, 0.25) is 0 Å². The molecule has 0 aliphatic rings. The van der Waals surface area contributed by atoms with Gasteiger partial charge in [-0.3, -0.25) is 4.79 Å². The molecule has 106 valence electrons. The van der Waals surface area contributed by atoms with Crippen LogP contribution in [0.15, 0.2) is 24.3 Å². The molecule has 1 unspecified atom stereocenters. The predicted octanol–water partition coefficient (Wildman–Crippen LogP) is 1.76. The summed E-state index contributed by atoms with van der Waals surface area (Å²) < 4.78 is 13.3. The van der Waals surface area contributed by atoms with Crippen molar-refractivity contribution in [1.82, 2.24) is 5.32 Å². The zero-order valence-electron chi connectivity index (χ0n) is 11.2. The van der Waals surface area contributed by atoms with Crippen LogP contribution < -0.4 is 10.6 Å². The lowest BCUT2D eigenvalue weighted by atomic mass is 10.0. The first-order valence-corrected chi connectivity index (χ1v) is 6.53. The van der Waals surface area contributed by atoms with Crippen LogP contribution in [0.25, 0.3) is 0 Å². The Hall–Kier alpha value is -1.46. The van der Waals surface area contributed by atoms with E-state index in [1.165, 1.54) is 12.1 Å². The quantitative estimate of drug-likeness (QED) is 0.673. The summed E-state index contributed by atoms with van der Waals surface area (Å²) in [6.45, 7) is 3.00. The Morgan fingerprint density at radius 3 is 2.79 bits per heavy atom. The molecule has 1 aromatic rings. The van der Waals surface area contributed by atoms with E-state index in [4.69, 9.17) is 5.11 Å². The zero-order valence-corrected chi connectivity index (χ0v) is 11.2. The highest BCUT2D eigenvalue weighted by molar-refractivity contribution is 5.92. The van der Waals surface area contributed by atoms with Crippen LogP contribution in [0.1, 0.15) is 19.8 Å². The fraction of sp³-hybridized carbons (Fsp3) is 0.500. The summed E-state index contributed by atoms with van der Waals surface area (Å²) >= 11 is 0. The van der Waals surface area contributed by atoms with Gasteiger partial charge in [-0.15, -0.1) is 0 Å². The molecule has 1 rings (SSSR count). The lowest BCUT2D eigenvalue weighted by Crippen LogP contribution is -2.32. The number of aliphatic hydroxyl groups excluding tert-OH is 1. The smallest absolute Gasteiger partial charge is 0.238 e. The molecule has 3 N–H and O–H groups in total. The third-order valence-corrected chi connectivity index (χ3v) is 2.98. The van der Waals surface area contributed by atoms with E-state index in [2.05, 4.69) is 10.6 Å². The number of rotatable bonds is 8. The zero-order chi connectivity index (χ0) is 14.1. The number of halogens is 1. The topological polar surface area (TPSA) is 61.4 Å². The van der Waals surface area contributed by atoms with E-state index in [0.29, 0.717) is 12.5 Å². The van der Waals surface area contributed by atoms with Crippen molar-refractivity contribution in [3.05, 3.63) is 30.1 Å². The number of para-hydroxylation sites is 1. The first-order valence-electron chi connectivity index (χ1n) is 6.53. The maximum Gasteiger partial charge on any atom is 0.238 e. The average Bonchev–Trinajstić information content (AvgIpc) is 2.40. The highest BCUT2D eigenvalue weighted by atomic mass is 19.1. The number of carbonyl (C=O) groups excluding carboxylic acids is 1. The Morgan fingerprint density at radius 1 is 1.42 bits per heavy atom. The molecule has 0 saturated heterocycles. The SMILES string of the molecule is CCC(CCO)CNCC(=O)Nc1ccccc1F. The Balaban J connectivity index is 2.30. The lowest BCUT2D eigenvalue weighted by molar-refractivity contribution is -0.115. The van der Waals surface area contributed by atoms with Gasteiger partial charge in [-0.1, -0.05) is 25.5 Å². The maximum absolute atomic E-state index is 13.3. The van der Waals surface area contributed by atoms with Crippen molar-refractivity contribution in [1.29, 1.82) is 0 Å². The second kappa shape index (κ2) is 8.61. The van der Waals surface area contributed by atoms with Gasteiger partial charge < -0.3 is 15.7 Å². The van der Waals surface area contributed by atoms with Crippen LogP contribution in [-0.2, 0) is 4.79 Å². The van der Waals surface area contributed by atoms with E-state index < -0.39 is 5.82 Å². The molecule has 0 bridgehead atoms. The van der Waals surface area contributed by atoms with Crippen LogP contribution in [0.4, 0.5) is 10.1 Å². The number of hydrogen-bond acceptors (Lipinski definition) is 3. The van der Waals surface area contributed by atoms with Gasteiger partial charge in [-0.2, -0.15) is 0 Å². The highest BCUT2D eigenvalue weighted by Crippen LogP contribution is 2.11. The van der Waals surface area contributed by atoms with Gasteiger partial charge in [0.05, 0.1) is 12.2 Å². The van der Waals surface area contributed by atoms with Crippen molar-refractivity contribution in [2.45, 2.75) is 19.8 Å². The normalized spacial score (nSPS) is 12.2. The Kier molecular flexibility index (Phi) is 7.07. The molecule has 0 radical (unpaired) electrons.